The first-order valence-electron chi connectivity index (χ1n) is 15.3. The van der Waals surface area contributed by atoms with Crippen LogP contribution in [-0.4, -0.2) is 63.3 Å². The summed E-state index contributed by atoms with van der Waals surface area (Å²) in [4.78, 5) is 26.0. The summed E-state index contributed by atoms with van der Waals surface area (Å²) < 4.78 is 7.76. The van der Waals surface area contributed by atoms with Gasteiger partial charge in [0.15, 0.2) is 0 Å². The van der Waals surface area contributed by atoms with Gasteiger partial charge in [0.05, 0.1) is 31.0 Å². The highest BCUT2D eigenvalue weighted by Crippen LogP contribution is 2.72. The molecule has 0 aromatic carbocycles. The molecule has 7 nitrogen and oxygen atoms in total. The number of hydrogen-bond donors (Lipinski definition) is 0. The summed E-state index contributed by atoms with van der Waals surface area (Å²) in [5, 5.41) is 4.63. The number of pyridine rings is 1. The highest BCUT2D eigenvalue weighted by atomic mass is 32.1. The van der Waals surface area contributed by atoms with Gasteiger partial charge >= 0.3 is 0 Å². The highest BCUT2D eigenvalue weighted by Gasteiger charge is 2.66. The second-order valence-electron chi connectivity index (χ2n) is 13.5. The number of ether oxygens (including phenoxy) is 1. The van der Waals surface area contributed by atoms with Gasteiger partial charge in [0, 0.05) is 64.7 Å². The molecule has 218 valence electrons. The minimum atomic E-state index is 0.176. The molecule has 1 atom stereocenters. The summed E-state index contributed by atoms with van der Waals surface area (Å²) in [7, 11) is 1.66. The summed E-state index contributed by atoms with van der Waals surface area (Å²) in [5.41, 5.74) is 7.02. The first kappa shape index (κ1) is 27.1. The van der Waals surface area contributed by atoms with Crippen LogP contribution in [0.1, 0.15) is 93.3 Å². The van der Waals surface area contributed by atoms with E-state index in [0.717, 1.165) is 54.1 Å². The van der Waals surface area contributed by atoms with E-state index in [1.807, 2.05) is 23.2 Å². The van der Waals surface area contributed by atoms with E-state index in [0.29, 0.717) is 29.9 Å². The van der Waals surface area contributed by atoms with Crippen LogP contribution in [0.3, 0.4) is 0 Å². The summed E-state index contributed by atoms with van der Waals surface area (Å²) in [6, 6.07) is 5.43. The van der Waals surface area contributed by atoms with E-state index in [2.05, 4.69) is 65.7 Å². The zero-order chi connectivity index (χ0) is 28.7. The number of nitrogens with zero attached hydrogens (tertiary/aromatic N) is 5. The average molecular weight is 574 g/mol. The van der Waals surface area contributed by atoms with Gasteiger partial charge in [-0.25, -0.2) is 4.98 Å². The molecule has 0 radical (unpaired) electrons. The molecule has 3 fully saturated rings. The number of hydrogen-bond acceptors (Lipinski definition) is 6. The molecule has 0 N–H and O–H groups in total. The average Bonchev–Trinajstić information content (AvgIpc) is 3.17. The molecule has 4 aliphatic rings. The molecule has 3 aromatic rings. The van der Waals surface area contributed by atoms with Crippen molar-refractivity contribution in [3.8, 4) is 5.88 Å². The first-order chi connectivity index (χ1) is 19.6. The van der Waals surface area contributed by atoms with Crippen molar-refractivity contribution in [3.63, 3.8) is 0 Å². The zero-order valence-electron chi connectivity index (χ0n) is 25.4. The molecule has 2 aliphatic heterocycles. The SMILES string of the molecule is COc1nc(C)cc(C)c1CN1CCc2sc([C@@]3(C)C[C@]34CC[C@@H](N3CC(n5ccc(C)n5)C3)CC4)c(C)c2C1=O. The van der Waals surface area contributed by atoms with Crippen molar-refractivity contribution in [2.75, 3.05) is 26.7 Å². The molecule has 7 rings (SSSR count). The van der Waals surface area contributed by atoms with E-state index < -0.39 is 0 Å². The van der Waals surface area contributed by atoms with Gasteiger partial charge in [0.2, 0.25) is 5.88 Å². The second kappa shape index (κ2) is 9.66. The minimum Gasteiger partial charge on any atom is -0.481 e. The Morgan fingerprint density at radius 1 is 1.10 bits per heavy atom. The van der Waals surface area contributed by atoms with Gasteiger partial charge in [-0.2, -0.15) is 5.10 Å². The van der Waals surface area contributed by atoms with Crippen LogP contribution >= 0.6 is 11.3 Å². The van der Waals surface area contributed by atoms with Crippen LogP contribution in [0, 0.1) is 33.1 Å². The van der Waals surface area contributed by atoms with Gasteiger partial charge in [-0.05, 0) is 88.5 Å². The number of thiophene rings is 1. The van der Waals surface area contributed by atoms with Crippen LogP contribution in [0.25, 0.3) is 0 Å². The minimum absolute atomic E-state index is 0.176. The van der Waals surface area contributed by atoms with E-state index in [1.165, 1.54) is 47.4 Å². The summed E-state index contributed by atoms with van der Waals surface area (Å²) in [6.07, 6.45) is 9.53. The molecule has 2 saturated carbocycles. The van der Waals surface area contributed by atoms with Gasteiger partial charge in [-0.1, -0.05) is 6.92 Å². The number of rotatable bonds is 6. The van der Waals surface area contributed by atoms with E-state index in [9.17, 15) is 4.79 Å². The lowest BCUT2D eigenvalue weighted by Crippen LogP contribution is -2.54. The molecule has 0 bridgehead atoms. The van der Waals surface area contributed by atoms with E-state index in [1.54, 1.807) is 7.11 Å². The Kier molecular flexibility index (Phi) is 6.40. The number of methoxy groups -OCH3 is 1. The molecule has 0 unspecified atom stereocenters. The maximum atomic E-state index is 13.9. The van der Waals surface area contributed by atoms with Crippen LogP contribution < -0.4 is 4.74 Å². The van der Waals surface area contributed by atoms with Gasteiger partial charge in [0.1, 0.15) is 0 Å². The maximum Gasteiger partial charge on any atom is 0.255 e. The van der Waals surface area contributed by atoms with Crippen molar-refractivity contribution in [3.05, 3.63) is 61.7 Å². The Balaban J connectivity index is 1.03. The Labute approximate surface area is 247 Å². The lowest BCUT2D eigenvalue weighted by molar-refractivity contribution is 0.0239. The normalized spacial score (nSPS) is 28.2. The van der Waals surface area contributed by atoms with Crippen molar-refractivity contribution in [1.82, 2.24) is 24.6 Å². The smallest absolute Gasteiger partial charge is 0.255 e. The van der Waals surface area contributed by atoms with Gasteiger partial charge in [0.25, 0.3) is 5.91 Å². The maximum absolute atomic E-state index is 13.9. The Bertz CT molecular complexity index is 1510. The summed E-state index contributed by atoms with van der Waals surface area (Å²) >= 11 is 1.94. The summed E-state index contributed by atoms with van der Waals surface area (Å²) in [5.74, 6) is 0.812. The number of aromatic nitrogens is 3. The Morgan fingerprint density at radius 3 is 2.54 bits per heavy atom. The monoisotopic (exact) mass is 573 g/mol. The quantitative estimate of drug-likeness (QED) is 0.366. The Hall–Kier alpha value is -2.71. The fraction of sp³-hybridized carbons (Fsp3) is 0.606. The lowest BCUT2D eigenvalue weighted by Gasteiger charge is -2.47. The predicted octanol–water partition coefficient (Wildman–Crippen LogP) is 5.93. The number of carbonyl (C=O) groups is 1. The molecule has 3 aromatic heterocycles. The van der Waals surface area contributed by atoms with Crippen LogP contribution in [0.5, 0.6) is 5.88 Å². The third kappa shape index (κ3) is 4.27. The van der Waals surface area contributed by atoms with Crippen molar-refractivity contribution < 1.29 is 9.53 Å². The van der Waals surface area contributed by atoms with E-state index in [-0.39, 0.29) is 11.3 Å². The predicted molar refractivity (Wildman–Crippen MR) is 162 cm³/mol. The van der Waals surface area contributed by atoms with Crippen molar-refractivity contribution in [1.29, 1.82) is 0 Å². The third-order valence-corrected chi connectivity index (χ3v) is 12.6. The van der Waals surface area contributed by atoms with Crippen LogP contribution in [0.2, 0.25) is 0 Å². The highest BCUT2D eigenvalue weighted by molar-refractivity contribution is 7.12. The van der Waals surface area contributed by atoms with Gasteiger partial charge in [-0.3, -0.25) is 14.4 Å². The molecular weight excluding hydrogens is 530 g/mol. The molecule has 2 aliphatic carbocycles. The van der Waals surface area contributed by atoms with Gasteiger partial charge in [-0.15, -0.1) is 11.3 Å². The summed E-state index contributed by atoms with van der Waals surface area (Å²) in [6.45, 7) is 14.4. The van der Waals surface area contributed by atoms with Crippen LogP contribution in [0.4, 0.5) is 0 Å². The number of likely N-dealkylation sites (tertiary alicyclic amines) is 1. The standard InChI is InChI=1S/C33H43N5O2S/c1-20-15-22(3)34-30(40-6)26(20)18-36-13-10-27-28(31(36)39)23(4)29(41-27)32(5)19-33(32)11-7-24(8-12-33)37-16-25(17-37)38-14-9-21(2)35-38/h9,14-15,24-25H,7-8,10-13,16-19H2,1-6H3/t24-,32-,33-/m1/s1. The topological polar surface area (TPSA) is 63.5 Å². The number of aryl methyl sites for hydroxylation is 3. The zero-order valence-corrected chi connectivity index (χ0v) is 26.2. The van der Waals surface area contributed by atoms with Crippen molar-refractivity contribution in [2.24, 2.45) is 5.41 Å². The molecule has 41 heavy (non-hydrogen) atoms. The fourth-order valence-corrected chi connectivity index (χ4v) is 9.93. The van der Waals surface area contributed by atoms with Crippen molar-refractivity contribution in [2.45, 2.75) is 97.2 Å². The molecule has 5 heterocycles. The van der Waals surface area contributed by atoms with Gasteiger partial charge < -0.3 is 9.64 Å². The van der Waals surface area contributed by atoms with Crippen LogP contribution in [0.15, 0.2) is 18.3 Å². The Morgan fingerprint density at radius 2 is 1.85 bits per heavy atom. The van der Waals surface area contributed by atoms with E-state index >= 15 is 0 Å². The number of fused-ring (bicyclic) bond motifs is 1. The molecule has 8 heteroatoms. The van der Waals surface area contributed by atoms with Crippen molar-refractivity contribution >= 4 is 17.2 Å². The molecule has 1 spiro atoms. The molecule has 1 amide bonds. The van der Waals surface area contributed by atoms with E-state index in [4.69, 9.17) is 4.74 Å². The molecule has 1 saturated heterocycles. The first-order valence-corrected chi connectivity index (χ1v) is 16.1. The fourth-order valence-electron chi connectivity index (χ4n) is 8.38. The largest absolute Gasteiger partial charge is 0.481 e. The number of carbonyl (C=O) groups excluding carboxylic acids is 1. The second-order valence-corrected chi connectivity index (χ2v) is 14.6. The van der Waals surface area contributed by atoms with Crippen LogP contribution in [-0.2, 0) is 18.4 Å². The third-order valence-electron chi connectivity index (χ3n) is 11.0. The lowest BCUT2D eigenvalue weighted by atomic mass is 9.76. The number of amides is 1. The molecular formula is C33H43N5O2S.